The molecule has 0 bridgehead atoms. The van der Waals surface area contributed by atoms with E-state index in [4.69, 9.17) is 16.0 Å². The van der Waals surface area contributed by atoms with Gasteiger partial charge in [-0.3, -0.25) is 10.1 Å². The van der Waals surface area contributed by atoms with Crippen molar-refractivity contribution < 1.29 is 9.21 Å². The average molecular weight is 426 g/mol. The molecule has 0 atom stereocenters. The van der Waals surface area contributed by atoms with Gasteiger partial charge in [0.1, 0.15) is 0 Å². The van der Waals surface area contributed by atoms with Crippen molar-refractivity contribution in [2.24, 2.45) is 0 Å². The number of halogens is 2. The first kappa shape index (κ1) is 15.0. The predicted octanol–water partition coefficient (Wildman–Crippen LogP) is 4.25. The van der Waals surface area contributed by atoms with E-state index < -0.39 is 0 Å². The van der Waals surface area contributed by atoms with Gasteiger partial charge in [-0.15, -0.1) is 5.10 Å². The van der Waals surface area contributed by atoms with Gasteiger partial charge in [-0.2, -0.15) is 0 Å². The lowest BCUT2D eigenvalue weighted by atomic mass is 10.2. The molecule has 0 aliphatic rings. The summed E-state index contributed by atoms with van der Waals surface area (Å²) in [7, 11) is 0. The molecule has 22 heavy (non-hydrogen) atoms. The minimum absolute atomic E-state index is 0.0406. The van der Waals surface area contributed by atoms with Gasteiger partial charge >= 0.3 is 6.01 Å². The fourth-order valence-electron chi connectivity index (χ4n) is 1.81. The summed E-state index contributed by atoms with van der Waals surface area (Å²) >= 11 is 8.06. The van der Waals surface area contributed by atoms with Gasteiger partial charge in [0.15, 0.2) is 0 Å². The highest BCUT2D eigenvalue weighted by atomic mass is 127. The van der Waals surface area contributed by atoms with Crippen LogP contribution in [0.1, 0.15) is 10.4 Å². The van der Waals surface area contributed by atoms with E-state index in [2.05, 4.69) is 38.1 Å². The largest absolute Gasteiger partial charge is 0.403 e. The maximum absolute atomic E-state index is 12.1. The van der Waals surface area contributed by atoms with Gasteiger partial charge in [-0.25, -0.2) is 0 Å². The maximum atomic E-state index is 12.1. The summed E-state index contributed by atoms with van der Waals surface area (Å²) in [6.07, 6.45) is 0. The monoisotopic (exact) mass is 425 g/mol. The molecule has 1 N–H and O–H groups in total. The average Bonchev–Trinajstić information content (AvgIpc) is 2.96. The smallest absolute Gasteiger partial charge is 0.322 e. The van der Waals surface area contributed by atoms with Crippen LogP contribution in [0.15, 0.2) is 52.9 Å². The molecule has 110 valence electrons. The normalized spacial score (nSPS) is 10.5. The molecule has 0 saturated heterocycles. The van der Waals surface area contributed by atoms with E-state index in [-0.39, 0.29) is 11.9 Å². The van der Waals surface area contributed by atoms with E-state index in [1.807, 2.05) is 12.1 Å². The number of carbonyl (C=O) groups is 1. The van der Waals surface area contributed by atoms with Crippen molar-refractivity contribution in [3.8, 4) is 11.5 Å². The third kappa shape index (κ3) is 3.45. The standard InChI is InChI=1S/C15H9ClIN3O2/c16-11-5-1-4-10(7-11)14-19-20-15(22-14)18-13(21)9-3-2-6-12(17)8-9/h1-8H,(H,18,20,21). The molecule has 0 radical (unpaired) electrons. The molecular formula is C15H9ClIN3O2. The van der Waals surface area contributed by atoms with E-state index in [9.17, 15) is 4.79 Å². The first-order valence-electron chi connectivity index (χ1n) is 6.28. The van der Waals surface area contributed by atoms with Gasteiger partial charge in [0, 0.05) is 19.7 Å². The van der Waals surface area contributed by atoms with Crippen LogP contribution in [0.25, 0.3) is 11.5 Å². The predicted molar refractivity (Wildman–Crippen MR) is 91.9 cm³/mol. The quantitative estimate of drug-likeness (QED) is 0.637. The zero-order valence-electron chi connectivity index (χ0n) is 11.1. The van der Waals surface area contributed by atoms with E-state index in [0.29, 0.717) is 22.0 Å². The van der Waals surface area contributed by atoms with Gasteiger partial charge in [0.05, 0.1) is 0 Å². The van der Waals surface area contributed by atoms with Crippen LogP contribution in [-0.4, -0.2) is 16.1 Å². The number of hydrogen-bond donors (Lipinski definition) is 1. The van der Waals surface area contributed by atoms with Crippen LogP contribution < -0.4 is 5.32 Å². The third-order valence-corrected chi connectivity index (χ3v) is 3.71. The molecule has 5 nitrogen and oxygen atoms in total. The zero-order valence-corrected chi connectivity index (χ0v) is 14.0. The fraction of sp³-hybridized carbons (Fsp3) is 0. The first-order chi connectivity index (χ1) is 10.6. The van der Waals surface area contributed by atoms with E-state index >= 15 is 0 Å². The van der Waals surface area contributed by atoms with Crippen molar-refractivity contribution in [1.82, 2.24) is 10.2 Å². The molecule has 0 spiro atoms. The van der Waals surface area contributed by atoms with Gasteiger partial charge < -0.3 is 4.42 Å². The lowest BCUT2D eigenvalue weighted by molar-refractivity contribution is 0.102. The Morgan fingerprint density at radius 2 is 1.95 bits per heavy atom. The number of benzene rings is 2. The summed E-state index contributed by atoms with van der Waals surface area (Å²) in [6, 6.07) is 14.3. The van der Waals surface area contributed by atoms with Crippen LogP contribution in [0.5, 0.6) is 0 Å². The molecule has 3 aromatic rings. The number of amides is 1. The van der Waals surface area contributed by atoms with E-state index in [1.54, 1.807) is 36.4 Å². The minimum Gasteiger partial charge on any atom is -0.403 e. The first-order valence-corrected chi connectivity index (χ1v) is 7.74. The molecule has 0 saturated carbocycles. The Morgan fingerprint density at radius 3 is 2.73 bits per heavy atom. The van der Waals surface area contributed by atoms with Crippen molar-refractivity contribution in [2.45, 2.75) is 0 Å². The highest BCUT2D eigenvalue weighted by molar-refractivity contribution is 14.1. The van der Waals surface area contributed by atoms with E-state index in [0.717, 1.165) is 3.57 Å². The summed E-state index contributed by atoms with van der Waals surface area (Å²) in [5.41, 5.74) is 1.21. The number of nitrogens with one attached hydrogen (secondary N) is 1. The second kappa shape index (κ2) is 6.45. The van der Waals surface area contributed by atoms with Gasteiger partial charge in [0.25, 0.3) is 5.91 Å². The Labute approximate surface area is 144 Å². The minimum atomic E-state index is -0.306. The van der Waals surface area contributed by atoms with Crippen molar-refractivity contribution in [3.63, 3.8) is 0 Å². The Morgan fingerprint density at radius 1 is 1.14 bits per heavy atom. The maximum Gasteiger partial charge on any atom is 0.322 e. The van der Waals surface area contributed by atoms with Crippen LogP contribution >= 0.6 is 34.2 Å². The fourth-order valence-corrected chi connectivity index (χ4v) is 2.54. The molecule has 7 heteroatoms. The molecule has 2 aromatic carbocycles. The van der Waals surface area contributed by atoms with Crippen LogP contribution in [-0.2, 0) is 0 Å². The summed E-state index contributed by atoms with van der Waals surface area (Å²) in [5, 5.41) is 10.9. The van der Waals surface area contributed by atoms with E-state index in [1.165, 1.54) is 0 Å². The zero-order chi connectivity index (χ0) is 15.5. The molecule has 0 unspecified atom stereocenters. The van der Waals surface area contributed by atoms with Crippen molar-refractivity contribution >= 4 is 46.1 Å². The van der Waals surface area contributed by atoms with Crippen molar-refractivity contribution in [2.75, 3.05) is 5.32 Å². The Bertz CT molecular complexity index is 835. The number of rotatable bonds is 3. The topological polar surface area (TPSA) is 68.0 Å². The summed E-state index contributed by atoms with van der Waals surface area (Å²) in [5.74, 6) is -0.0137. The highest BCUT2D eigenvalue weighted by Gasteiger charge is 2.13. The molecule has 0 aliphatic heterocycles. The van der Waals surface area contributed by atoms with Crippen LogP contribution in [0.4, 0.5) is 6.01 Å². The van der Waals surface area contributed by atoms with Crippen molar-refractivity contribution in [1.29, 1.82) is 0 Å². The molecule has 3 rings (SSSR count). The number of anilines is 1. The molecule has 1 aromatic heterocycles. The molecular weight excluding hydrogens is 417 g/mol. The molecule has 1 amide bonds. The number of carbonyl (C=O) groups excluding carboxylic acids is 1. The van der Waals surface area contributed by atoms with Crippen molar-refractivity contribution in [3.05, 3.63) is 62.7 Å². The van der Waals surface area contributed by atoms with Crippen LogP contribution in [0.2, 0.25) is 5.02 Å². The molecule has 0 aliphatic carbocycles. The van der Waals surface area contributed by atoms with Gasteiger partial charge in [-0.1, -0.05) is 28.8 Å². The number of aromatic nitrogens is 2. The van der Waals surface area contributed by atoms with Gasteiger partial charge in [-0.05, 0) is 59.0 Å². The molecule has 1 heterocycles. The van der Waals surface area contributed by atoms with Crippen LogP contribution in [0.3, 0.4) is 0 Å². The Hall–Kier alpha value is -1.93. The second-order valence-electron chi connectivity index (χ2n) is 4.39. The SMILES string of the molecule is O=C(Nc1nnc(-c2cccc(Cl)c2)o1)c1cccc(I)c1. The van der Waals surface area contributed by atoms with Gasteiger partial charge in [0.2, 0.25) is 5.89 Å². The third-order valence-electron chi connectivity index (χ3n) is 2.80. The highest BCUT2D eigenvalue weighted by Crippen LogP contribution is 2.23. The number of nitrogens with zero attached hydrogens (tertiary/aromatic N) is 2. The Kier molecular flexibility index (Phi) is 4.39. The summed E-state index contributed by atoms with van der Waals surface area (Å²) in [4.78, 5) is 12.1. The Balaban J connectivity index is 1.78. The lowest BCUT2D eigenvalue weighted by Gasteiger charge is -2.00. The molecule has 0 fully saturated rings. The number of hydrogen-bond acceptors (Lipinski definition) is 4. The summed E-state index contributed by atoms with van der Waals surface area (Å²) in [6.45, 7) is 0. The van der Waals surface area contributed by atoms with Crippen LogP contribution in [0, 0.1) is 3.57 Å². The summed E-state index contributed by atoms with van der Waals surface area (Å²) < 4.78 is 6.40. The second-order valence-corrected chi connectivity index (χ2v) is 6.07. The lowest BCUT2D eigenvalue weighted by Crippen LogP contribution is -2.12.